The standard InChI is InChI=1S/C75H70F4N8O8/c1-42-40-94-75(95-42)43-18-20-50(21-19-43)92-36-10-35-87-63-33-23-52-51(22-24-54(63)85-86-87)53(52)41-93-64(91)17-5-3-2-4-6-34-80-74-72(78)70(76)69(71(77)73(74)79)68-61-31-29-59(83-61)66(45-12-8-15-48(89)38-45)57-27-25-55(81-57)65(44-11-7-14-47(88)37-44)56-26-28-58(82-56)67(60-30-32-62(68)84-60)46-13-9-16-49(90)39-46/h7-9,11-16,18-21,25-32,37-39,42,51-53,75,80-81,84,88-90H,2-6,10,17,22-24,33-36,40-41H2,1H3/t42?,51-,52+,53-,75?/m0/s1. The van der Waals surface area contributed by atoms with E-state index in [4.69, 9.17) is 28.9 Å². The van der Waals surface area contributed by atoms with Crippen molar-refractivity contribution in [2.75, 3.05) is 31.7 Å². The van der Waals surface area contributed by atoms with E-state index in [1.165, 1.54) is 30.0 Å². The SMILES string of the molecule is CC1COC(c2ccc(OCCCn3nnc4c3CC[C@@H]3[C@H](CC4)[C@@H]3COC(=O)CCCCCCCNc3c(F)c(F)c(-c4c5nc(c(-c6cccc(O)c6)c6ccc([nH]6)c(-c6cccc(O)c6)c6nc(c(-c7cccc(O)c7)c7ccc4[nH]7)C=C6)C=C5)c(F)c3F)cc2)O1. The normalized spacial score (nSPS) is 17.9. The van der Waals surface area contributed by atoms with E-state index in [0.717, 1.165) is 49.1 Å². The van der Waals surface area contributed by atoms with Crippen molar-refractivity contribution in [2.45, 2.75) is 96.5 Å². The number of esters is 1. The van der Waals surface area contributed by atoms with Gasteiger partial charge in [0.05, 0.1) is 65.7 Å². The van der Waals surface area contributed by atoms with Crippen molar-refractivity contribution in [2.24, 2.45) is 17.8 Å². The van der Waals surface area contributed by atoms with E-state index in [1.54, 1.807) is 72.8 Å². The molecule has 2 unspecified atom stereocenters. The first-order valence-corrected chi connectivity index (χ1v) is 32.5. The summed E-state index contributed by atoms with van der Waals surface area (Å²) in [6, 6.07) is 34.4. The maximum atomic E-state index is 17.1. The Bertz CT molecular complexity index is 4570. The highest BCUT2D eigenvalue weighted by atomic mass is 19.2. The molecule has 486 valence electrons. The number of hydrogen-bond donors (Lipinski definition) is 6. The van der Waals surface area contributed by atoms with Crippen molar-refractivity contribution in [3.05, 3.63) is 184 Å². The molecule has 5 atom stereocenters. The highest BCUT2D eigenvalue weighted by molar-refractivity contribution is 6.00. The molecule has 0 spiro atoms. The number of aryl methyl sites for hydroxylation is 2. The monoisotopic (exact) mass is 1290 g/mol. The van der Waals surface area contributed by atoms with Crippen LogP contribution in [-0.2, 0) is 38.4 Å². The summed E-state index contributed by atoms with van der Waals surface area (Å²) in [6.45, 7) is 4.23. The molecular formula is C75H70F4N8O8. The molecule has 20 heteroatoms. The first-order chi connectivity index (χ1) is 46.3. The quantitative estimate of drug-likeness (QED) is 0.0171. The van der Waals surface area contributed by atoms with Crippen molar-refractivity contribution >= 4 is 58.0 Å². The summed E-state index contributed by atoms with van der Waals surface area (Å²) in [5.74, 6) is -4.75. The number of hydrogen-bond acceptors (Lipinski definition) is 13. The number of carbonyl (C=O) groups excluding carboxylic acids is 1. The molecule has 2 fully saturated rings. The fourth-order valence-corrected chi connectivity index (χ4v) is 13.8. The lowest BCUT2D eigenvalue weighted by Gasteiger charge is -2.14. The molecule has 16 nitrogen and oxygen atoms in total. The molecule has 14 rings (SSSR count). The molecule has 3 aliphatic heterocycles. The third-order valence-electron chi connectivity index (χ3n) is 18.6. The smallest absolute Gasteiger partial charge is 0.305 e. The van der Waals surface area contributed by atoms with Crippen LogP contribution in [0.25, 0.3) is 90.9 Å². The third kappa shape index (κ3) is 13.2. The number of phenols is 3. The number of H-pyrrole nitrogens is 2. The van der Waals surface area contributed by atoms with Gasteiger partial charge in [0.1, 0.15) is 28.7 Å². The minimum absolute atomic E-state index is 0.00601. The lowest BCUT2D eigenvalue weighted by atomic mass is 10.0. The van der Waals surface area contributed by atoms with Gasteiger partial charge in [0.2, 0.25) is 0 Å². The van der Waals surface area contributed by atoms with Gasteiger partial charge in [-0.15, -0.1) is 5.10 Å². The summed E-state index contributed by atoms with van der Waals surface area (Å²) < 4.78 is 92.8. The maximum Gasteiger partial charge on any atom is 0.305 e. The number of aromatic nitrogens is 7. The number of fused-ring (bicyclic) bond motifs is 10. The molecule has 0 radical (unpaired) electrons. The molecule has 8 bridgehead atoms. The summed E-state index contributed by atoms with van der Waals surface area (Å²) in [4.78, 5) is 29.8. The topological polar surface area (TPSA) is 215 Å². The number of phenolic OH excluding ortho intramolecular Hbond substituents is 3. The lowest BCUT2D eigenvalue weighted by molar-refractivity contribution is -0.144. The van der Waals surface area contributed by atoms with E-state index in [-0.39, 0.29) is 71.0 Å². The average Bonchev–Trinajstić information content (AvgIpc) is 1.75. The van der Waals surface area contributed by atoms with E-state index in [0.29, 0.717) is 138 Å². The maximum absolute atomic E-state index is 17.1. The minimum Gasteiger partial charge on any atom is -0.508 e. The van der Waals surface area contributed by atoms with Crippen molar-refractivity contribution in [3.8, 4) is 67.5 Å². The number of rotatable bonds is 21. The Morgan fingerprint density at radius 1 is 0.621 bits per heavy atom. The second-order valence-electron chi connectivity index (χ2n) is 24.9. The molecule has 1 saturated carbocycles. The van der Waals surface area contributed by atoms with E-state index in [9.17, 15) is 20.1 Å². The number of aromatic amines is 2. The van der Waals surface area contributed by atoms with Crippen LogP contribution in [0.3, 0.4) is 0 Å². The van der Waals surface area contributed by atoms with Crippen LogP contribution < -0.4 is 10.1 Å². The summed E-state index contributed by atoms with van der Waals surface area (Å²) in [5, 5.41) is 43.9. The summed E-state index contributed by atoms with van der Waals surface area (Å²) >= 11 is 0. The Balaban J connectivity index is 0.629. The number of nitrogens with one attached hydrogen (secondary N) is 3. The van der Waals surface area contributed by atoms with Gasteiger partial charge in [-0.1, -0.05) is 73.0 Å². The fourth-order valence-electron chi connectivity index (χ4n) is 13.8. The molecule has 4 aromatic heterocycles. The molecular weight excluding hydrogens is 1220 g/mol. The van der Waals surface area contributed by atoms with Gasteiger partial charge in [-0.2, -0.15) is 0 Å². The van der Waals surface area contributed by atoms with E-state index in [1.807, 2.05) is 60.1 Å². The zero-order valence-electron chi connectivity index (χ0n) is 52.2. The molecule has 5 aliphatic rings. The van der Waals surface area contributed by atoms with Crippen LogP contribution in [0.4, 0.5) is 23.2 Å². The first-order valence-electron chi connectivity index (χ1n) is 32.5. The van der Waals surface area contributed by atoms with Crippen LogP contribution in [0.15, 0.2) is 121 Å². The Hall–Kier alpha value is -10.1. The second kappa shape index (κ2) is 27.1. The van der Waals surface area contributed by atoms with Gasteiger partial charge in [-0.25, -0.2) is 32.2 Å². The molecule has 9 aromatic rings. The van der Waals surface area contributed by atoms with Gasteiger partial charge >= 0.3 is 5.97 Å². The summed E-state index contributed by atoms with van der Waals surface area (Å²) in [6.07, 6.45) is 14.3. The van der Waals surface area contributed by atoms with Crippen molar-refractivity contribution < 1.29 is 56.6 Å². The highest BCUT2D eigenvalue weighted by Gasteiger charge is 2.50. The van der Waals surface area contributed by atoms with Crippen LogP contribution in [-0.4, -0.2) is 88.7 Å². The van der Waals surface area contributed by atoms with Crippen molar-refractivity contribution in [1.29, 1.82) is 0 Å². The van der Waals surface area contributed by atoms with Gasteiger partial charge < -0.3 is 49.6 Å². The van der Waals surface area contributed by atoms with E-state index in [2.05, 4.69) is 25.6 Å². The minimum atomic E-state index is -1.65. The number of unbranched alkanes of at least 4 members (excludes halogenated alkanes) is 4. The van der Waals surface area contributed by atoms with Gasteiger partial charge in [0.15, 0.2) is 29.6 Å². The third-order valence-corrected chi connectivity index (χ3v) is 18.6. The number of halogens is 4. The van der Waals surface area contributed by atoms with Crippen LogP contribution in [0.2, 0.25) is 0 Å². The molecule has 2 aliphatic carbocycles. The zero-order chi connectivity index (χ0) is 65.3. The Morgan fingerprint density at radius 3 is 1.69 bits per heavy atom. The van der Waals surface area contributed by atoms with E-state index >= 15 is 17.6 Å². The summed E-state index contributed by atoms with van der Waals surface area (Å²) in [5.41, 5.74) is 6.86. The van der Waals surface area contributed by atoms with Gasteiger partial charge in [-0.05, 0) is 177 Å². The first kappa shape index (κ1) is 62.4. The molecule has 1 saturated heterocycles. The number of aromatic hydroxyl groups is 3. The second-order valence-corrected chi connectivity index (χ2v) is 24.9. The van der Waals surface area contributed by atoms with Gasteiger partial charge in [0, 0.05) is 75.8 Å². The van der Waals surface area contributed by atoms with Crippen LogP contribution in [0.1, 0.15) is 111 Å². The summed E-state index contributed by atoms with van der Waals surface area (Å²) in [7, 11) is 0. The molecule has 7 heterocycles. The largest absolute Gasteiger partial charge is 0.508 e. The number of benzene rings is 5. The Kier molecular flexibility index (Phi) is 17.8. The number of nitrogens with zero attached hydrogens (tertiary/aromatic N) is 5. The Labute approximate surface area is 545 Å². The fraction of sp³-hybridized carbons (Fsp3) is 0.293. The molecule has 0 amide bonds. The van der Waals surface area contributed by atoms with E-state index < -0.39 is 34.5 Å². The molecule has 95 heavy (non-hydrogen) atoms. The number of carbonyl (C=O) groups is 1. The highest BCUT2D eigenvalue weighted by Crippen LogP contribution is 2.53. The number of ether oxygens (including phenoxy) is 4. The van der Waals surface area contributed by atoms with Gasteiger partial charge in [0.25, 0.3) is 0 Å². The van der Waals surface area contributed by atoms with Crippen molar-refractivity contribution in [1.82, 2.24) is 34.9 Å². The average molecular weight is 1290 g/mol. The predicted molar refractivity (Wildman–Crippen MR) is 356 cm³/mol. The number of anilines is 1. The predicted octanol–water partition coefficient (Wildman–Crippen LogP) is 16.2. The van der Waals surface area contributed by atoms with Crippen molar-refractivity contribution in [3.63, 3.8) is 0 Å². The van der Waals surface area contributed by atoms with Gasteiger partial charge in [-0.3, -0.25) is 4.79 Å². The Morgan fingerprint density at radius 2 is 1.15 bits per heavy atom. The zero-order valence-corrected chi connectivity index (χ0v) is 52.2. The van der Waals surface area contributed by atoms with Crippen LogP contribution in [0, 0.1) is 41.0 Å². The van der Waals surface area contributed by atoms with Crippen LogP contribution in [0.5, 0.6) is 23.0 Å². The van der Waals surface area contributed by atoms with Crippen LogP contribution >= 0.6 is 0 Å². The molecule has 6 N–H and O–H groups in total. The molecule has 5 aromatic carbocycles. The lowest BCUT2D eigenvalue weighted by Crippen LogP contribution is -2.11.